The summed E-state index contributed by atoms with van der Waals surface area (Å²) in [5.41, 5.74) is 0.879. The van der Waals surface area contributed by atoms with Crippen LogP contribution in [0.15, 0.2) is 36.4 Å². The van der Waals surface area contributed by atoms with Gasteiger partial charge in [-0.05, 0) is 36.3 Å². The molecule has 0 fully saturated rings. The number of rotatable bonds is 4. The zero-order chi connectivity index (χ0) is 13.5. The summed E-state index contributed by atoms with van der Waals surface area (Å²) in [7, 11) is 0. The van der Waals surface area contributed by atoms with Gasteiger partial charge < -0.3 is 4.74 Å². The minimum absolute atomic E-state index is 0.0420. The van der Waals surface area contributed by atoms with Crippen LogP contribution in [0.1, 0.15) is 11.1 Å². The van der Waals surface area contributed by atoms with Gasteiger partial charge in [0.05, 0.1) is 0 Å². The smallest absolute Gasteiger partial charge is 0.349 e. The third-order valence-corrected chi connectivity index (χ3v) is 2.17. The van der Waals surface area contributed by atoms with E-state index < -0.39 is 5.97 Å². The highest BCUT2D eigenvalue weighted by Crippen LogP contribution is 2.13. The lowest BCUT2D eigenvalue weighted by Crippen LogP contribution is -2.06. The van der Waals surface area contributed by atoms with Crippen molar-refractivity contribution in [3.8, 4) is 6.07 Å². The molecule has 0 heterocycles. The van der Waals surface area contributed by atoms with Crippen molar-refractivity contribution >= 4 is 12.0 Å². The molecule has 0 unspecified atom stereocenters. The van der Waals surface area contributed by atoms with Crippen molar-refractivity contribution in [2.75, 3.05) is 6.61 Å². The predicted molar refractivity (Wildman–Crippen MR) is 65.9 cm³/mol. The Morgan fingerprint density at radius 3 is 2.89 bits per heavy atom. The van der Waals surface area contributed by atoms with Gasteiger partial charge in [-0.2, -0.15) is 5.26 Å². The molecule has 0 amide bonds. The van der Waals surface area contributed by atoms with Crippen molar-refractivity contribution in [2.24, 2.45) is 0 Å². The molecule has 0 N–H and O–H groups in total. The number of benzene rings is 1. The molecule has 0 bridgehead atoms. The quantitative estimate of drug-likeness (QED) is 0.354. The predicted octanol–water partition coefficient (Wildman–Crippen LogP) is 2.77. The van der Waals surface area contributed by atoms with E-state index in [1.165, 1.54) is 24.3 Å². The molecule has 0 aliphatic rings. The molecule has 0 saturated heterocycles. The summed E-state index contributed by atoms with van der Waals surface area (Å²) in [4.78, 5) is 11.5. The van der Waals surface area contributed by atoms with Crippen LogP contribution in [0.3, 0.4) is 0 Å². The largest absolute Gasteiger partial charge is 0.457 e. The molecule has 0 aliphatic carbocycles. The van der Waals surface area contributed by atoms with Crippen molar-refractivity contribution in [1.82, 2.24) is 0 Å². The van der Waals surface area contributed by atoms with E-state index in [2.05, 4.69) is 6.58 Å². The molecule has 0 aromatic heterocycles. The fraction of sp³-hybridized carbons (Fsp3) is 0.143. The lowest BCUT2D eigenvalue weighted by atomic mass is 10.1. The van der Waals surface area contributed by atoms with E-state index in [9.17, 15) is 9.18 Å². The van der Waals surface area contributed by atoms with Crippen LogP contribution in [0.2, 0.25) is 0 Å². The Bertz CT molecular complexity index is 541. The first-order valence-electron chi connectivity index (χ1n) is 5.24. The van der Waals surface area contributed by atoms with Crippen LogP contribution in [-0.4, -0.2) is 12.6 Å². The zero-order valence-corrected chi connectivity index (χ0v) is 9.94. The second kappa shape index (κ2) is 6.36. The maximum Gasteiger partial charge on any atom is 0.349 e. The van der Waals surface area contributed by atoms with Gasteiger partial charge in [0.1, 0.15) is 24.1 Å². The van der Waals surface area contributed by atoms with E-state index in [1.54, 1.807) is 19.1 Å². The average molecular weight is 245 g/mol. The van der Waals surface area contributed by atoms with Crippen molar-refractivity contribution in [3.05, 3.63) is 53.4 Å². The van der Waals surface area contributed by atoms with Gasteiger partial charge >= 0.3 is 5.97 Å². The van der Waals surface area contributed by atoms with Crippen LogP contribution in [-0.2, 0) is 9.53 Å². The summed E-state index contributed by atoms with van der Waals surface area (Å²) in [6.07, 6.45) is 2.77. The fourth-order valence-corrected chi connectivity index (χ4v) is 1.27. The summed E-state index contributed by atoms with van der Waals surface area (Å²) in [6, 6.07) is 6.07. The van der Waals surface area contributed by atoms with Crippen LogP contribution in [0.5, 0.6) is 0 Å². The van der Waals surface area contributed by atoms with Gasteiger partial charge in [-0.1, -0.05) is 18.7 Å². The third-order valence-electron chi connectivity index (χ3n) is 2.17. The Hall–Kier alpha value is -2.41. The monoisotopic (exact) mass is 245 g/mol. The number of hydrogen-bond acceptors (Lipinski definition) is 3. The molecule has 0 atom stereocenters. The molecular formula is C14H12FNO2. The van der Waals surface area contributed by atoms with E-state index in [0.29, 0.717) is 11.1 Å². The molecule has 4 heteroatoms. The van der Waals surface area contributed by atoms with Crippen LogP contribution in [0.4, 0.5) is 4.39 Å². The van der Waals surface area contributed by atoms with E-state index in [1.807, 2.05) is 0 Å². The number of halogens is 1. The van der Waals surface area contributed by atoms with Crippen molar-refractivity contribution in [2.45, 2.75) is 6.92 Å². The normalized spacial score (nSPS) is 10.6. The van der Waals surface area contributed by atoms with Crippen molar-refractivity contribution in [1.29, 1.82) is 5.26 Å². The number of esters is 1. The highest BCUT2D eigenvalue weighted by Gasteiger charge is 2.10. The maximum absolute atomic E-state index is 13.1. The third kappa shape index (κ3) is 3.56. The van der Waals surface area contributed by atoms with Gasteiger partial charge in [-0.25, -0.2) is 9.18 Å². The molecule has 3 nitrogen and oxygen atoms in total. The summed E-state index contributed by atoms with van der Waals surface area (Å²) < 4.78 is 17.8. The van der Waals surface area contributed by atoms with E-state index >= 15 is 0 Å². The first kappa shape index (κ1) is 13.7. The number of carbonyl (C=O) groups is 1. The topological polar surface area (TPSA) is 50.1 Å². The van der Waals surface area contributed by atoms with Gasteiger partial charge in [0.25, 0.3) is 0 Å². The number of nitriles is 1. The van der Waals surface area contributed by atoms with Gasteiger partial charge in [0, 0.05) is 0 Å². The molecule has 1 rings (SSSR count). The minimum atomic E-state index is -0.723. The molecule has 0 spiro atoms. The Labute approximate surface area is 105 Å². The number of nitrogens with zero attached hydrogens (tertiary/aromatic N) is 1. The highest BCUT2D eigenvalue weighted by atomic mass is 19.1. The molecule has 1 aromatic rings. The Morgan fingerprint density at radius 2 is 2.33 bits per heavy atom. The van der Waals surface area contributed by atoms with Crippen LogP contribution >= 0.6 is 0 Å². The van der Waals surface area contributed by atoms with Crippen LogP contribution in [0.25, 0.3) is 6.08 Å². The first-order chi connectivity index (χ1) is 8.58. The minimum Gasteiger partial charge on any atom is -0.457 e. The number of carbonyl (C=O) groups excluding carboxylic acids is 1. The lowest BCUT2D eigenvalue weighted by molar-refractivity contribution is -0.137. The van der Waals surface area contributed by atoms with Crippen molar-refractivity contribution < 1.29 is 13.9 Å². The number of ether oxygens (including phenoxy) is 1. The molecule has 18 heavy (non-hydrogen) atoms. The van der Waals surface area contributed by atoms with Gasteiger partial charge in [-0.15, -0.1) is 0 Å². The van der Waals surface area contributed by atoms with E-state index in [4.69, 9.17) is 10.00 Å². The Kier molecular flexibility index (Phi) is 4.82. The number of aryl methyl sites for hydroxylation is 1. The van der Waals surface area contributed by atoms with Gasteiger partial charge in [0.15, 0.2) is 0 Å². The average Bonchev–Trinajstić information content (AvgIpc) is 2.37. The lowest BCUT2D eigenvalue weighted by Gasteiger charge is -2.01. The molecule has 0 aliphatic heterocycles. The summed E-state index contributed by atoms with van der Waals surface area (Å²) in [5, 5.41) is 8.86. The van der Waals surface area contributed by atoms with E-state index in [0.717, 1.165) is 0 Å². The number of hydrogen-bond donors (Lipinski definition) is 0. The summed E-state index contributed by atoms with van der Waals surface area (Å²) in [6.45, 7) is 5.05. The van der Waals surface area contributed by atoms with Crippen molar-refractivity contribution in [3.63, 3.8) is 0 Å². The Balaban J connectivity index is 2.97. The van der Waals surface area contributed by atoms with Crippen LogP contribution < -0.4 is 0 Å². The van der Waals surface area contributed by atoms with E-state index in [-0.39, 0.29) is 18.0 Å². The molecule has 0 radical (unpaired) electrons. The molecule has 92 valence electrons. The fourth-order valence-electron chi connectivity index (χ4n) is 1.27. The molecule has 1 aromatic carbocycles. The molecular weight excluding hydrogens is 233 g/mol. The maximum atomic E-state index is 13.1. The standard InChI is InChI=1S/C14H12FNO2/c1-3-6-18-14(17)12(9-16)8-11-4-5-13(15)10(2)7-11/h3-5,7-8H,1,6H2,2H3. The molecule has 0 saturated carbocycles. The summed E-state index contributed by atoms with van der Waals surface area (Å²) >= 11 is 0. The van der Waals surface area contributed by atoms with Gasteiger partial charge in [0.2, 0.25) is 0 Å². The van der Waals surface area contributed by atoms with Gasteiger partial charge in [-0.3, -0.25) is 0 Å². The SMILES string of the molecule is C=CCOC(=O)C(C#N)=Cc1ccc(F)c(C)c1. The second-order valence-corrected chi connectivity index (χ2v) is 3.57. The van der Waals surface area contributed by atoms with Crippen LogP contribution in [0, 0.1) is 24.1 Å². The second-order valence-electron chi connectivity index (χ2n) is 3.57. The summed E-state index contributed by atoms with van der Waals surface area (Å²) in [5.74, 6) is -1.06. The zero-order valence-electron chi connectivity index (χ0n) is 9.94. The Morgan fingerprint density at radius 1 is 1.61 bits per heavy atom. The first-order valence-corrected chi connectivity index (χ1v) is 5.24. The highest BCUT2D eigenvalue weighted by molar-refractivity contribution is 5.97.